The monoisotopic (exact) mass is 328 g/mol. The average molecular weight is 329 g/mol. The molecule has 0 amide bonds. The second-order valence-electron chi connectivity index (χ2n) is 4.66. The number of nitrogen functional groups attached to an aromatic ring is 1. The Hall–Kier alpha value is -2.93. The van der Waals surface area contributed by atoms with Crippen molar-refractivity contribution in [3.05, 3.63) is 64.7 Å². The molecule has 2 N–H and O–H groups in total. The lowest BCUT2D eigenvalue weighted by Gasteiger charge is -2.06. The molecule has 0 fully saturated rings. The van der Waals surface area contributed by atoms with Gasteiger partial charge < -0.3 is 10.5 Å². The Kier molecular flexibility index (Phi) is 4.49. The Bertz CT molecular complexity index is 798. The molecule has 0 atom stereocenters. The highest BCUT2D eigenvalue weighted by molar-refractivity contribution is 6.30. The number of anilines is 1. The van der Waals surface area contributed by atoms with Gasteiger partial charge in [0, 0.05) is 5.02 Å². The van der Waals surface area contributed by atoms with Crippen molar-refractivity contribution >= 4 is 23.8 Å². The molecule has 2 aromatic carbocycles. The van der Waals surface area contributed by atoms with Crippen LogP contribution >= 0.6 is 11.6 Å². The number of aromatic nitrogens is 4. The Balaban J connectivity index is 1.59. The first kappa shape index (κ1) is 15.0. The number of hydrogen-bond acceptors (Lipinski definition) is 6. The lowest BCUT2D eigenvalue weighted by molar-refractivity contribution is 0.306. The molecule has 0 saturated carbocycles. The molecule has 1 heterocycles. The van der Waals surface area contributed by atoms with Gasteiger partial charge in [0.25, 0.3) is 5.95 Å². The van der Waals surface area contributed by atoms with Gasteiger partial charge in [-0.05, 0) is 58.0 Å². The van der Waals surface area contributed by atoms with Gasteiger partial charge in [-0.3, -0.25) is 0 Å². The van der Waals surface area contributed by atoms with Crippen LogP contribution in [-0.4, -0.2) is 26.5 Å². The van der Waals surface area contributed by atoms with E-state index in [-0.39, 0.29) is 5.95 Å². The fourth-order valence-electron chi connectivity index (χ4n) is 1.79. The number of nitrogens with two attached hydrogens (primary N) is 1. The van der Waals surface area contributed by atoms with Gasteiger partial charge in [-0.25, -0.2) is 0 Å². The van der Waals surface area contributed by atoms with Gasteiger partial charge in [0.1, 0.15) is 12.4 Å². The molecule has 7 nitrogen and oxygen atoms in total. The van der Waals surface area contributed by atoms with Crippen LogP contribution < -0.4 is 10.5 Å². The van der Waals surface area contributed by atoms with Crippen LogP contribution in [0.3, 0.4) is 0 Å². The molecule has 0 aliphatic carbocycles. The van der Waals surface area contributed by atoms with E-state index >= 15 is 0 Å². The van der Waals surface area contributed by atoms with E-state index < -0.39 is 0 Å². The van der Waals surface area contributed by atoms with Crippen LogP contribution in [0, 0.1) is 0 Å². The normalized spacial score (nSPS) is 11.0. The number of halogens is 1. The summed E-state index contributed by atoms with van der Waals surface area (Å²) in [5, 5.41) is 15.3. The topological polar surface area (TPSA) is 91.2 Å². The fraction of sp³-hybridized carbons (Fsp3) is 0.0667. The molecule has 8 heteroatoms. The van der Waals surface area contributed by atoms with E-state index in [1.807, 2.05) is 48.5 Å². The number of benzene rings is 2. The van der Waals surface area contributed by atoms with E-state index in [9.17, 15) is 0 Å². The molecule has 0 unspecified atom stereocenters. The molecule has 3 aromatic rings. The molecule has 1 aromatic heterocycles. The van der Waals surface area contributed by atoms with Crippen molar-refractivity contribution in [2.24, 2.45) is 5.10 Å². The first-order valence-corrected chi connectivity index (χ1v) is 7.14. The smallest absolute Gasteiger partial charge is 0.263 e. The molecule has 23 heavy (non-hydrogen) atoms. The van der Waals surface area contributed by atoms with Gasteiger partial charge in [-0.15, -0.1) is 0 Å². The zero-order chi connectivity index (χ0) is 16.1. The van der Waals surface area contributed by atoms with E-state index in [0.29, 0.717) is 11.6 Å². The molecular formula is C15H13ClN6O. The molecule has 0 aliphatic rings. The molecule has 3 rings (SSSR count). The molecule has 0 spiro atoms. The van der Waals surface area contributed by atoms with Crippen LogP contribution in [0.25, 0.3) is 0 Å². The summed E-state index contributed by atoms with van der Waals surface area (Å²) in [4.78, 5) is 1.14. The maximum Gasteiger partial charge on any atom is 0.263 e. The third kappa shape index (κ3) is 4.04. The molecular weight excluding hydrogens is 316 g/mol. The Labute approximate surface area is 137 Å². The minimum absolute atomic E-state index is 0.129. The summed E-state index contributed by atoms with van der Waals surface area (Å²) >= 11 is 5.85. The molecule has 0 saturated heterocycles. The van der Waals surface area contributed by atoms with Crippen LogP contribution in [0.2, 0.25) is 5.02 Å². The number of tetrazole rings is 1. The summed E-state index contributed by atoms with van der Waals surface area (Å²) in [7, 11) is 0. The van der Waals surface area contributed by atoms with Crippen molar-refractivity contribution in [3.63, 3.8) is 0 Å². The highest BCUT2D eigenvalue weighted by Gasteiger charge is 1.99. The predicted molar refractivity (Wildman–Crippen MR) is 87.4 cm³/mol. The Morgan fingerprint density at radius 1 is 1.13 bits per heavy atom. The summed E-state index contributed by atoms with van der Waals surface area (Å²) in [6.07, 6.45) is 1.61. The van der Waals surface area contributed by atoms with E-state index in [2.05, 4.69) is 20.6 Å². The van der Waals surface area contributed by atoms with Gasteiger partial charge in [-0.1, -0.05) is 33.6 Å². The van der Waals surface area contributed by atoms with Gasteiger partial charge >= 0.3 is 0 Å². The Morgan fingerprint density at radius 2 is 1.87 bits per heavy atom. The lowest BCUT2D eigenvalue weighted by atomic mass is 10.2. The summed E-state index contributed by atoms with van der Waals surface area (Å²) in [5.74, 6) is 0.892. The van der Waals surface area contributed by atoms with Crippen molar-refractivity contribution in [1.82, 2.24) is 20.3 Å². The number of nitrogens with zero attached hydrogens (tertiary/aromatic N) is 5. The van der Waals surface area contributed by atoms with Crippen molar-refractivity contribution < 1.29 is 4.74 Å². The maximum absolute atomic E-state index is 5.85. The zero-order valence-electron chi connectivity index (χ0n) is 12.0. The van der Waals surface area contributed by atoms with Crippen LogP contribution in [0.5, 0.6) is 5.75 Å². The van der Waals surface area contributed by atoms with Gasteiger partial charge in [0.2, 0.25) is 0 Å². The maximum atomic E-state index is 5.85. The first-order chi connectivity index (χ1) is 11.2. The van der Waals surface area contributed by atoms with Crippen molar-refractivity contribution in [3.8, 4) is 5.75 Å². The number of ether oxygens (including phenoxy) is 1. The third-order valence-corrected chi connectivity index (χ3v) is 3.24. The van der Waals surface area contributed by atoms with Crippen LogP contribution in [0.15, 0.2) is 53.6 Å². The van der Waals surface area contributed by atoms with Crippen molar-refractivity contribution in [2.45, 2.75) is 6.61 Å². The minimum atomic E-state index is 0.129. The standard InChI is InChI=1S/C15H13ClN6O/c16-13-5-1-12(2-6-13)10-23-14-7-3-11(4-8-14)9-18-22-15(17)19-20-21-22/h1-9H,10H2,(H2,17,19,21)/b18-9+. The molecule has 0 bridgehead atoms. The SMILES string of the molecule is Nc1nnnn1/N=C/c1ccc(OCc2ccc(Cl)cc2)cc1. The summed E-state index contributed by atoms with van der Waals surface area (Å²) in [6.45, 7) is 0.478. The third-order valence-electron chi connectivity index (χ3n) is 2.99. The largest absolute Gasteiger partial charge is 0.489 e. The minimum Gasteiger partial charge on any atom is -0.489 e. The summed E-state index contributed by atoms with van der Waals surface area (Å²) in [6, 6.07) is 15.0. The van der Waals surface area contributed by atoms with Gasteiger partial charge in [-0.2, -0.15) is 5.10 Å². The first-order valence-electron chi connectivity index (χ1n) is 6.76. The molecule has 116 valence electrons. The molecule has 0 radical (unpaired) electrons. The second kappa shape index (κ2) is 6.89. The van der Waals surface area contributed by atoms with E-state index in [1.54, 1.807) is 6.21 Å². The lowest BCUT2D eigenvalue weighted by Crippen LogP contribution is -1.99. The van der Waals surface area contributed by atoms with Crippen LogP contribution in [-0.2, 0) is 6.61 Å². The predicted octanol–water partition coefficient (Wildman–Crippen LogP) is 2.37. The van der Waals surface area contributed by atoms with E-state index in [4.69, 9.17) is 22.1 Å². The zero-order valence-corrected chi connectivity index (χ0v) is 12.8. The highest BCUT2D eigenvalue weighted by Crippen LogP contribution is 2.15. The van der Waals surface area contributed by atoms with Crippen molar-refractivity contribution in [1.29, 1.82) is 0 Å². The summed E-state index contributed by atoms with van der Waals surface area (Å²) in [5.41, 5.74) is 7.44. The fourth-order valence-corrected chi connectivity index (χ4v) is 1.92. The number of hydrogen-bond donors (Lipinski definition) is 1. The quantitative estimate of drug-likeness (QED) is 0.726. The van der Waals surface area contributed by atoms with E-state index in [0.717, 1.165) is 21.7 Å². The van der Waals surface area contributed by atoms with Crippen LogP contribution in [0.1, 0.15) is 11.1 Å². The highest BCUT2D eigenvalue weighted by atomic mass is 35.5. The van der Waals surface area contributed by atoms with Gasteiger partial charge in [0.05, 0.1) is 6.21 Å². The Morgan fingerprint density at radius 3 is 2.52 bits per heavy atom. The van der Waals surface area contributed by atoms with Crippen LogP contribution in [0.4, 0.5) is 5.95 Å². The van der Waals surface area contributed by atoms with E-state index in [1.165, 1.54) is 0 Å². The number of rotatable bonds is 5. The molecule has 0 aliphatic heterocycles. The van der Waals surface area contributed by atoms with Gasteiger partial charge in [0.15, 0.2) is 0 Å². The van der Waals surface area contributed by atoms with Crippen molar-refractivity contribution in [2.75, 3.05) is 5.73 Å². The summed E-state index contributed by atoms with van der Waals surface area (Å²) < 4.78 is 5.71. The second-order valence-corrected chi connectivity index (χ2v) is 5.09. The average Bonchev–Trinajstić information content (AvgIpc) is 2.98.